The minimum atomic E-state index is -1.31. The van der Waals surface area contributed by atoms with Gasteiger partial charge in [-0.2, -0.15) is 0 Å². The number of aliphatic hydroxyl groups is 2. The Kier molecular flexibility index (Phi) is 6.92. The van der Waals surface area contributed by atoms with Crippen LogP contribution in [0.3, 0.4) is 0 Å². The zero-order valence-electron chi connectivity index (χ0n) is 12.5. The van der Waals surface area contributed by atoms with E-state index < -0.39 is 30.1 Å². The van der Waals surface area contributed by atoms with Crippen LogP contribution in [0.5, 0.6) is 0 Å². The molecule has 5 N–H and O–H groups in total. The molecule has 0 aromatic carbocycles. The third kappa shape index (κ3) is 4.72. The van der Waals surface area contributed by atoms with Crippen molar-refractivity contribution < 1.29 is 20.1 Å². The molecular weight excluding hydrogens is 258 g/mol. The van der Waals surface area contributed by atoms with Crippen LogP contribution in [-0.2, 0) is 4.79 Å². The van der Waals surface area contributed by atoms with Crippen LogP contribution in [0, 0.1) is 17.8 Å². The van der Waals surface area contributed by atoms with Gasteiger partial charge in [-0.15, -0.1) is 0 Å². The summed E-state index contributed by atoms with van der Waals surface area (Å²) in [5.41, 5.74) is 5.98. The first-order valence-corrected chi connectivity index (χ1v) is 7.69. The van der Waals surface area contributed by atoms with Crippen LogP contribution in [0.2, 0.25) is 0 Å². The molecule has 5 nitrogen and oxygen atoms in total. The lowest BCUT2D eigenvalue weighted by molar-refractivity contribution is -0.152. The summed E-state index contributed by atoms with van der Waals surface area (Å²) in [5, 5.41) is 29.4. The quantitative estimate of drug-likeness (QED) is 0.566. The molecule has 1 saturated carbocycles. The third-order valence-electron chi connectivity index (χ3n) is 4.49. The fourth-order valence-electron chi connectivity index (χ4n) is 3.24. The van der Waals surface area contributed by atoms with Crippen molar-refractivity contribution >= 4 is 5.97 Å². The molecule has 5 heteroatoms. The van der Waals surface area contributed by atoms with E-state index in [1.807, 2.05) is 0 Å². The highest BCUT2D eigenvalue weighted by molar-refractivity contribution is 5.71. The normalized spacial score (nSPS) is 23.3. The predicted molar refractivity (Wildman–Crippen MR) is 77.1 cm³/mol. The summed E-state index contributed by atoms with van der Waals surface area (Å²) in [5.74, 6) is -1.83. The molecule has 118 valence electrons. The molecule has 0 amide bonds. The van der Waals surface area contributed by atoms with E-state index in [0.717, 1.165) is 12.8 Å². The molecule has 0 spiro atoms. The van der Waals surface area contributed by atoms with Gasteiger partial charge in [-0.25, -0.2) is 0 Å². The molecule has 0 bridgehead atoms. The van der Waals surface area contributed by atoms with Gasteiger partial charge in [0.25, 0.3) is 0 Å². The highest BCUT2D eigenvalue weighted by Crippen LogP contribution is 2.29. The number of rotatable bonds is 7. The summed E-state index contributed by atoms with van der Waals surface area (Å²) in [4.78, 5) is 11.2. The van der Waals surface area contributed by atoms with Crippen LogP contribution in [-0.4, -0.2) is 39.5 Å². The lowest BCUT2D eigenvalue weighted by Crippen LogP contribution is -2.50. The molecule has 1 aliphatic rings. The third-order valence-corrected chi connectivity index (χ3v) is 4.49. The summed E-state index contributed by atoms with van der Waals surface area (Å²) < 4.78 is 0. The van der Waals surface area contributed by atoms with Crippen molar-refractivity contribution in [1.29, 1.82) is 0 Å². The maximum atomic E-state index is 11.2. The van der Waals surface area contributed by atoms with Gasteiger partial charge in [-0.3, -0.25) is 4.79 Å². The van der Waals surface area contributed by atoms with Crippen molar-refractivity contribution in [3.05, 3.63) is 0 Å². The summed E-state index contributed by atoms with van der Waals surface area (Å²) in [6.45, 7) is 3.45. The fraction of sp³-hybridized carbons (Fsp3) is 0.933. The number of hydrogen-bond acceptors (Lipinski definition) is 4. The maximum absolute atomic E-state index is 11.2. The smallest absolute Gasteiger partial charge is 0.309 e. The molecular formula is C15H29NO4. The lowest BCUT2D eigenvalue weighted by Gasteiger charge is -2.32. The topological polar surface area (TPSA) is 104 Å². The Balaban J connectivity index is 2.57. The minimum absolute atomic E-state index is 0.251. The van der Waals surface area contributed by atoms with Gasteiger partial charge >= 0.3 is 5.97 Å². The molecule has 4 unspecified atom stereocenters. The highest BCUT2D eigenvalue weighted by atomic mass is 16.4. The second-order valence-corrected chi connectivity index (χ2v) is 6.49. The largest absolute Gasteiger partial charge is 0.481 e. The van der Waals surface area contributed by atoms with Crippen molar-refractivity contribution in [3.8, 4) is 0 Å². The van der Waals surface area contributed by atoms with Crippen LogP contribution in [0.25, 0.3) is 0 Å². The number of hydrogen-bond donors (Lipinski definition) is 4. The van der Waals surface area contributed by atoms with E-state index in [0.29, 0.717) is 12.3 Å². The Bertz CT molecular complexity index is 302. The molecule has 4 atom stereocenters. The molecule has 1 aliphatic carbocycles. The van der Waals surface area contributed by atoms with E-state index in [4.69, 9.17) is 10.8 Å². The van der Waals surface area contributed by atoms with Crippen LogP contribution < -0.4 is 5.73 Å². The summed E-state index contributed by atoms with van der Waals surface area (Å²) >= 11 is 0. The molecule has 1 fully saturated rings. The van der Waals surface area contributed by atoms with Crippen LogP contribution >= 0.6 is 0 Å². The number of aliphatic carboxylic acids is 1. The lowest BCUT2D eigenvalue weighted by atomic mass is 9.80. The molecule has 0 heterocycles. The van der Waals surface area contributed by atoms with Gasteiger partial charge in [0.2, 0.25) is 0 Å². The Morgan fingerprint density at radius 1 is 1.15 bits per heavy atom. The maximum Gasteiger partial charge on any atom is 0.309 e. The number of carboxylic acid groups (broad SMARTS) is 1. The standard InChI is InChI=1S/C15H29NO4/c1-9(2)12(15(19)20)14(18)13(17)11(16)8-10-6-4-3-5-7-10/h9-14,17-18H,3-8,16H2,1-2H3,(H,19,20). The van der Waals surface area contributed by atoms with E-state index in [1.165, 1.54) is 19.3 Å². The molecule has 0 aliphatic heterocycles. The van der Waals surface area contributed by atoms with Crippen molar-refractivity contribution in [3.63, 3.8) is 0 Å². The van der Waals surface area contributed by atoms with Gasteiger partial charge in [0.15, 0.2) is 0 Å². The number of nitrogens with two attached hydrogens (primary N) is 1. The van der Waals surface area contributed by atoms with Gasteiger partial charge < -0.3 is 21.1 Å². The SMILES string of the molecule is CC(C)C(C(=O)O)C(O)C(O)C(N)CC1CCCCC1. The summed E-state index contributed by atoms with van der Waals surface area (Å²) in [6, 6.07) is -0.561. The van der Waals surface area contributed by atoms with E-state index >= 15 is 0 Å². The van der Waals surface area contributed by atoms with E-state index in [9.17, 15) is 15.0 Å². The zero-order chi connectivity index (χ0) is 15.3. The minimum Gasteiger partial charge on any atom is -0.481 e. The number of aliphatic hydroxyl groups excluding tert-OH is 2. The Labute approximate surface area is 121 Å². The first-order chi connectivity index (χ1) is 9.34. The zero-order valence-corrected chi connectivity index (χ0v) is 12.5. The van der Waals surface area contributed by atoms with Crippen LogP contribution in [0.4, 0.5) is 0 Å². The molecule has 1 rings (SSSR count). The second-order valence-electron chi connectivity index (χ2n) is 6.49. The number of carbonyl (C=O) groups is 1. The molecule has 20 heavy (non-hydrogen) atoms. The van der Waals surface area contributed by atoms with Gasteiger partial charge in [0, 0.05) is 6.04 Å². The molecule has 0 aromatic heterocycles. The second kappa shape index (κ2) is 7.96. The highest BCUT2D eigenvalue weighted by Gasteiger charge is 2.37. The van der Waals surface area contributed by atoms with Crippen molar-refractivity contribution in [2.45, 2.75) is 70.6 Å². The summed E-state index contributed by atoms with van der Waals surface area (Å²) in [6.07, 6.45) is 4.03. The van der Waals surface area contributed by atoms with E-state index in [1.54, 1.807) is 13.8 Å². The van der Waals surface area contributed by atoms with E-state index in [2.05, 4.69) is 0 Å². The van der Waals surface area contributed by atoms with Crippen molar-refractivity contribution in [2.24, 2.45) is 23.5 Å². The average molecular weight is 287 g/mol. The van der Waals surface area contributed by atoms with Crippen LogP contribution in [0.1, 0.15) is 52.4 Å². The Morgan fingerprint density at radius 2 is 1.70 bits per heavy atom. The van der Waals surface area contributed by atoms with Crippen LogP contribution in [0.15, 0.2) is 0 Å². The first kappa shape index (κ1) is 17.4. The van der Waals surface area contributed by atoms with Crippen molar-refractivity contribution in [2.75, 3.05) is 0 Å². The number of carboxylic acids is 1. The fourth-order valence-corrected chi connectivity index (χ4v) is 3.24. The molecule has 0 aromatic rings. The van der Waals surface area contributed by atoms with Gasteiger partial charge in [0.1, 0.15) is 0 Å². The van der Waals surface area contributed by atoms with Gasteiger partial charge in [-0.1, -0.05) is 46.0 Å². The van der Waals surface area contributed by atoms with Gasteiger partial charge in [0.05, 0.1) is 18.1 Å². The monoisotopic (exact) mass is 287 g/mol. The summed E-state index contributed by atoms with van der Waals surface area (Å²) in [7, 11) is 0. The predicted octanol–water partition coefficient (Wildman–Crippen LogP) is 1.36. The average Bonchev–Trinajstić information content (AvgIpc) is 2.37. The Hall–Kier alpha value is -0.650. The molecule has 0 saturated heterocycles. The van der Waals surface area contributed by atoms with E-state index in [-0.39, 0.29) is 5.92 Å². The first-order valence-electron chi connectivity index (χ1n) is 7.69. The van der Waals surface area contributed by atoms with Crippen molar-refractivity contribution in [1.82, 2.24) is 0 Å². The molecule has 0 radical (unpaired) electrons. The van der Waals surface area contributed by atoms with Gasteiger partial charge in [-0.05, 0) is 18.3 Å². The Morgan fingerprint density at radius 3 is 2.15 bits per heavy atom.